The monoisotopic (exact) mass is 476 g/mol. The van der Waals surface area contributed by atoms with Gasteiger partial charge in [0.05, 0.1) is 13.8 Å². The number of carbonyl (C=O) groups is 1. The Balaban J connectivity index is 0.000000243. The van der Waals surface area contributed by atoms with Crippen molar-refractivity contribution in [2.75, 3.05) is 38.4 Å². The average Bonchev–Trinajstić information content (AvgIpc) is 3.55. The van der Waals surface area contributed by atoms with Gasteiger partial charge in [-0.05, 0) is 75.6 Å². The Morgan fingerprint density at radius 2 is 1.91 bits per heavy atom. The first-order valence-electron chi connectivity index (χ1n) is 12.9. The standard InChI is InChI=1S/C15H24N2O2.C12H21NO.H3N/c1-4-13-9-14(5-6-15(13)19-3)16-7-8-17(11-18)12(2)10-16;1-9-5-3-4-6-10(9)11(14)13-12(2)7-8-12;/h5-6,9,12,18H,4,7-8,10-11H2,1-3H3;9-10H,3-8H2,1-2H3,(H,13,14);1H3/t;9-,10-;/m.1./s1. The fraction of sp³-hybridized carbons (Fsp3) is 0.741. The van der Waals surface area contributed by atoms with Gasteiger partial charge in [0, 0.05) is 42.8 Å². The summed E-state index contributed by atoms with van der Waals surface area (Å²) in [6.45, 7) is 11.6. The number of aliphatic hydroxyl groups excluding tert-OH is 1. The van der Waals surface area contributed by atoms with E-state index in [9.17, 15) is 9.90 Å². The highest BCUT2D eigenvalue weighted by molar-refractivity contribution is 5.80. The quantitative estimate of drug-likeness (QED) is 0.564. The van der Waals surface area contributed by atoms with E-state index < -0.39 is 0 Å². The van der Waals surface area contributed by atoms with Crippen LogP contribution in [0.15, 0.2) is 18.2 Å². The summed E-state index contributed by atoms with van der Waals surface area (Å²) in [4.78, 5) is 16.4. The molecule has 1 aromatic rings. The summed E-state index contributed by atoms with van der Waals surface area (Å²) < 4.78 is 5.37. The lowest BCUT2D eigenvalue weighted by Gasteiger charge is -2.40. The fourth-order valence-corrected chi connectivity index (χ4v) is 5.09. The highest BCUT2D eigenvalue weighted by Crippen LogP contribution is 2.36. The normalized spacial score (nSPS) is 25.9. The van der Waals surface area contributed by atoms with E-state index in [1.165, 1.54) is 43.4 Å². The molecule has 1 aliphatic heterocycles. The largest absolute Gasteiger partial charge is 0.496 e. The molecule has 1 amide bonds. The van der Waals surface area contributed by atoms with Crippen molar-refractivity contribution in [2.24, 2.45) is 11.8 Å². The van der Waals surface area contributed by atoms with Crippen molar-refractivity contribution in [1.82, 2.24) is 16.4 Å². The molecular weight excluding hydrogens is 428 g/mol. The Morgan fingerprint density at radius 3 is 2.47 bits per heavy atom. The Hall–Kier alpha value is -1.83. The molecule has 3 aliphatic rings. The number of anilines is 1. The third-order valence-electron chi connectivity index (χ3n) is 7.83. The van der Waals surface area contributed by atoms with Crippen LogP contribution >= 0.6 is 0 Å². The van der Waals surface area contributed by atoms with Crippen LogP contribution in [0, 0.1) is 11.8 Å². The van der Waals surface area contributed by atoms with Crippen LogP contribution in [0.3, 0.4) is 0 Å². The molecule has 7 heteroatoms. The SMILES string of the molecule is CCc1cc(N2CCN(CO)C(C)C2)ccc1OC.C[C@@H]1CCCC[C@H]1C(=O)NC1(C)CC1.N. The molecule has 1 saturated heterocycles. The van der Waals surface area contributed by atoms with Crippen LogP contribution in [0.5, 0.6) is 5.75 Å². The minimum absolute atomic E-state index is 0. The van der Waals surface area contributed by atoms with E-state index in [1.54, 1.807) is 7.11 Å². The highest BCUT2D eigenvalue weighted by Gasteiger charge is 2.41. The molecule has 3 atom stereocenters. The molecular formula is C27H48N4O3. The van der Waals surface area contributed by atoms with Gasteiger partial charge in [-0.15, -0.1) is 0 Å². The molecule has 2 saturated carbocycles. The number of carbonyl (C=O) groups excluding carboxylic acids is 1. The molecule has 0 aromatic heterocycles. The van der Waals surface area contributed by atoms with E-state index in [-0.39, 0.29) is 18.4 Å². The van der Waals surface area contributed by atoms with Gasteiger partial charge in [-0.2, -0.15) is 0 Å². The number of nitrogens with one attached hydrogen (secondary N) is 1. The third-order valence-corrected chi connectivity index (χ3v) is 7.83. The van der Waals surface area contributed by atoms with Gasteiger partial charge >= 0.3 is 0 Å². The summed E-state index contributed by atoms with van der Waals surface area (Å²) in [5, 5.41) is 12.5. The molecule has 1 heterocycles. The zero-order valence-electron chi connectivity index (χ0n) is 22.1. The predicted molar refractivity (Wildman–Crippen MR) is 140 cm³/mol. The van der Waals surface area contributed by atoms with E-state index in [4.69, 9.17) is 4.74 Å². The van der Waals surface area contributed by atoms with E-state index in [2.05, 4.69) is 61.0 Å². The van der Waals surface area contributed by atoms with Gasteiger partial charge in [-0.25, -0.2) is 0 Å². The summed E-state index contributed by atoms with van der Waals surface area (Å²) in [6, 6.07) is 6.78. The van der Waals surface area contributed by atoms with Gasteiger partial charge in [0.2, 0.25) is 5.91 Å². The molecule has 34 heavy (non-hydrogen) atoms. The van der Waals surface area contributed by atoms with E-state index in [1.807, 2.05) is 0 Å². The number of rotatable bonds is 6. The number of nitrogens with zero attached hydrogens (tertiary/aromatic N) is 2. The smallest absolute Gasteiger partial charge is 0.223 e. The van der Waals surface area contributed by atoms with Crippen LogP contribution in [0.25, 0.3) is 0 Å². The van der Waals surface area contributed by atoms with Gasteiger partial charge in [0.1, 0.15) is 5.75 Å². The van der Waals surface area contributed by atoms with Gasteiger partial charge in [0.25, 0.3) is 0 Å². The average molecular weight is 477 g/mol. The van der Waals surface area contributed by atoms with Crippen LogP contribution < -0.4 is 21.1 Å². The van der Waals surface area contributed by atoms with Gasteiger partial charge < -0.3 is 26.2 Å². The van der Waals surface area contributed by atoms with Crippen molar-refractivity contribution < 1.29 is 14.6 Å². The van der Waals surface area contributed by atoms with Crippen molar-refractivity contribution in [3.05, 3.63) is 23.8 Å². The van der Waals surface area contributed by atoms with Crippen LogP contribution in [0.2, 0.25) is 0 Å². The van der Waals surface area contributed by atoms with Gasteiger partial charge in [0.15, 0.2) is 0 Å². The van der Waals surface area contributed by atoms with E-state index in [0.29, 0.717) is 23.8 Å². The first kappa shape index (κ1) is 28.4. The first-order chi connectivity index (χ1) is 15.8. The topological polar surface area (TPSA) is 100 Å². The number of hydrogen-bond donors (Lipinski definition) is 3. The summed E-state index contributed by atoms with van der Waals surface area (Å²) >= 11 is 0. The number of benzene rings is 1. The Bertz CT molecular complexity index is 783. The van der Waals surface area contributed by atoms with E-state index in [0.717, 1.165) is 38.2 Å². The maximum Gasteiger partial charge on any atom is 0.223 e. The predicted octanol–water partition coefficient (Wildman–Crippen LogP) is 4.36. The minimum atomic E-state index is 0. The molecule has 3 fully saturated rings. The number of aryl methyl sites for hydroxylation is 1. The maximum atomic E-state index is 12.0. The molecule has 1 unspecified atom stereocenters. The van der Waals surface area contributed by atoms with Crippen LogP contribution in [0.4, 0.5) is 5.69 Å². The molecule has 0 bridgehead atoms. The summed E-state index contributed by atoms with van der Waals surface area (Å²) in [6.07, 6.45) is 8.18. The molecule has 0 spiro atoms. The van der Waals surface area contributed by atoms with Crippen LogP contribution in [-0.4, -0.2) is 61.0 Å². The first-order valence-corrected chi connectivity index (χ1v) is 12.9. The highest BCUT2D eigenvalue weighted by atomic mass is 16.5. The van der Waals surface area contributed by atoms with Crippen molar-refractivity contribution in [2.45, 2.75) is 84.2 Å². The second kappa shape index (κ2) is 12.8. The molecule has 2 aliphatic carbocycles. The van der Waals surface area contributed by atoms with Crippen molar-refractivity contribution in [3.8, 4) is 5.75 Å². The fourth-order valence-electron chi connectivity index (χ4n) is 5.09. The Morgan fingerprint density at radius 1 is 1.21 bits per heavy atom. The lowest BCUT2D eigenvalue weighted by atomic mass is 9.80. The second-order valence-electron chi connectivity index (χ2n) is 10.5. The van der Waals surface area contributed by atoms with Gasteiger partial charge in [-0.1, -0.05) is 26.7 Å². The number of piperazine rings is 1. The number of methoxy groups -OCH3 is 1. The molecule has 194 valence electrons. The molecule has 0 radical (unpaired) electrons. The van der Waals surface area contributed by atoms with Crippen molar-refractivity contribution >= 4 is 11.6 Å². The Labute approximate surface area is 206 Å². The number of amides is 1. The zero-order valence-corrected chi connectivity index (χ0v) is 22.1. The number of hydrogen-bond acceptors (Lipinski definition) is 6. The van der Waals surface area contributed by atoms with Crippen LogP contribution in [0.1, 0.15) is 71.8 Å². The van der Waals surface area contributed by atoms with Gasteiger partial charge in [-0.3, -0.25) is 9.69 Å². The molecule has 4 rings (SSSR count). The minimum Gasteiger partial charge on any atom is -0.496 e. The maximum absolute atomic E-state index is 12.0. The van der Waals surface area contributed by atoms with Crippen LogP contribution in [-0.2, 0) is 11.2 Å². The molecule has 1 aromatic carbocycles. The summed E-state index contributed by atoms with van der Waals surface area (Å²) in [5.74, 6) is 2.16. The third kappa shape index (κ3) is 7.33. The molecule has 7 nitrogen and oxygen atoms in total. The Kier molecular flexibility index (Phi) is 10.7. The second-order valence-corrected chi connectivity index (χ2v) is 10.5. The van der Waals surface area contributed by atoms with Crippen molar-refractivity contribution in [3.63, 3.8) is 0 Å². The summed E-state index contributed by atoms with van der Waals surface area (Å²) in [7, 11) is 1.72. The number of ether oxygens (including phenoxy) is 1. The molecule has 5 N–H and O–H groups in total. The van der Waals surface area contributed by atoms with E-state index >= 15 is 0 Å². The van der Waals surface area contributed by atoms with Crippen molar-refractivity contribution in [1.29, 1.82) is 0 Å². The number of aliphatic hydroxyl groups is 1. The lowest BCUT2D eigenvalue weighted by Crippen LogP contribution is -2.52. The lowest BCUT2D eigenvalue weighted by molar-refractivity contribution is -0.128. The zero-order chi connectivity index (χ0) is 24.0. The summed E-state index contributed by atoms with van der Waals surface area (Å²) in [5.41, 5.74) is 2.66.